The zero-order valence-corrected chi connectivity index (χ0v) is 16.6. The van der Waals surface area contributed by atoms with Crippen LogP contribution in [-0.2, 0) is 4.74 Å². The van der Waals surface area contributed by atoms with Gasteiger partial charge in [0.25, 0.3) is 0 Å². The fourth-order valence-corrected chi connectivity index (χ4v) is 3.38. The Kier molecular flexibility index (Phi) is 5.58. The number of aromatic nitrogens is 1. The topological polar surface area (TPSA) is 81.0 Å². The third-order valence-corrected chi connectivity index (χ3v) is 4.62. The summed E-state index contributed by atoms with van der Waals surface area (Å²) in [7, 11) is 1.31. The maximum atomic E-state index is 12.3. The average Bonchev–Trinajstić information content (AvgIpc) is 2.89. The molecule has 2 aromatic rings. The molecule has 0 aliphatic heterocycles. The normalized spacial score (nSPS) is 11.0. The Morgan fingerprint density at radius 2 is 1.76 bits per heavy atom. The van der Waals surface area contributed by atoms with Crippen LogP contribution in [-0.4, -0.2) is 17.6 Å². The summed E-state index contributed by atoms with van der Waals surface area (Å²) in [5.74, 6) is -0.138. The zero-order chi connectivity index (χ0) is 18.9. The van der Waals surface area contributed by atoms with Gasteiger partial charge in [-0.25, -0.2) is 4.79 Å². The molecule has 132 valence electrons. The first-order valence-corrected chi connectivity index (χ1v) is 8.85. The van der Waals surface area contributed by atoms with Crippen molar-refractivity contribution in [1.82, 2.24) is 4.57 Å². The van der Waals surface area contributed by atoms with E-state index < -0.39 is 5.97 Å². The Bertz CT molecular complexity index is 831. The number of hydrogen-bond acceptors (Lipinski definition) is 4. The van der Waals surface area contributed by atoms with Gasteiger partial charge in [0, 0.05) is 10.7 Å². The molecule has 0 aliphatic carbocycles. The third-order valence-electron chi connectivity index (χ3n) is 4.16. The first kappa shape index (κ1) is 19.1. The molecule has 5 nitrogen and oxygen atoms in total. The van der Waals surface area contributed by atoms with Crippen molar-refractivity contribution in [2.45, 2.75) is 39.5 Å². The van der Waals surface area contributed by atoms with Crippen molar-refractivity contribution in [2.24, 2.45) is 0 Å². The molecule has 2 rings (SSSR count). The van der Waals surface area contributed by atoms with E-state index in [9.17, 15) is 10.1 Å². The summed E-state index contributed by atoms with van der Waals surface area (Å²) in [6.07, 6.45) is 1.61. The van der Waals surface area contributed by atoms with Crippen LogP contribution in [0.4, 0.5) is 5.69 Å². The molecule has 0 saturated heterocycles. The van der Waals surface area contributed by atoms with Gasteiger partial charge in [-0.15, -0.1) is 0 Å². The molecule has 1 aromatic heterocycles. The van der Waals surface area contributed by atoms with Crippen LogP contribution in [0, 0.1) is 11.3 Å². The smallest absolute Gasteiger partial charge is 0.357 e. The molecule has 0 amide bonds. The van der Waals surface area contributed by atoms with Crippen molar-refractivity contribution in [3.63, 3.8) is 0 Å². The molecule has 2 N–H and O–H groups in total. The van der Waals surface area contributed by atoms with Crippen LogP contribution in [0.15, 0.2) is 22.8 Å². The minimum atomic E-state index is -0.564. The number of hydrogen-bond donors (Lipinski definition) is 1. The number of rotatable bonds is 4. The van der Waals surface area contributed by atoms with E-state index in [0.29, 0.717) is 0 Å². The van der Waals surface area contributed by atoms with E-state index in [4.69, 9.17) is 10.5 Å². The van der Waals surface area contributed by atoms with Gasteiger partial charge in [0.2, 0.25) is 0 Å². The number of methoxy groups -OCH3 is 1. The quantitative estimate of drug-likeness (QED) is 0.748. The van der Waals surface area contributed by atoms with Crippen molar-refractivity contribution >= 4 is 27.6 Å². The van der Waals surface area contributed by atoms with Crippen LogP contribution >= 0.6 is 15.9 Å². The Labute approximate surface area is 156 Å². The number of halogens is 1. The first-order valence-electron chi connectivity index (χ1n) is 8.05. The highest BCUT2D eigenvalue weighted by Gasteiger charge is 2.26. The Morgan fingerprint density at radius 3 is 2.16 bits per heavy atom. The summed E-state index contributed by atoms with van der Waals surface area (Å²) >= 11 is 3.57. The second-order valence-corrected chi connectivity index (χ2v) is 7.44. The summed E-state index contributed by atoms with van der Waals surface area (Å²) in [6, 6.07) is 6.12. The maximum Gasteiger partial charge on any atom is 0.357 e. The molecule has 0 saturated carbocycles. The monoisotopic (exact) mass is 403 g/mol. The van der Waals surface area contributed by atoms with Gasteiger partial charge in [-0.05, 0) is 35.1 Å². The van der Waals surface area contributed by atoms with Crippen LogP contribution in [0.25, 0.3) is 5.69 Å². The third kappa shape index (κ3) is 3.42. The summed E-state index contributed by atoms with van der Waals surface area (Å²) in [5, 5.41) is 9.36. The summed E-state index contributed by atoms with van der Waals surface area (Å²) in [4.78, 5) is 12.3. The molecule has 0 radical (unpaired) electrons. The van der Waals surface area contributed by atoms with Crippen LogP contribution in [0.2, 0.25) is 0 Å². The molecule has 0 fully saturated rings. The predicted molar refractivity (Wildman–Crippen MR) is 102 cm³/mol. The Morgan fingerprint density at radius 1 is 1.24 bits per heavy atom. The van der Waals surface area contributed by atoms with Gasteiger partial charge >= 0.3 is 5.97 Å². The number of esters is 1. The van der Waals surface area contributed by atoms with Gasteiger partial charge in [0.05, 0.1) is 24.0 Å². The number of nitriles is 1. The summed E-state index contributed by atoms with van der Waals surface area (Å²) in [6.45, 7) is 8.35. The van der Waals surface area contributed by atoms with Crippen molar-refractivity contribution in [1.29, 1.82) is 5.26 Å². The van der Waals surface area contributed by atoms with Gasteiger partial charge in [0.1, 0.15) is 6.07 Å². The number of carbonyl (C=O) groups excluding carboxylic acids is 1. The average molecular weight is 404 g/mol. The van der Waals surface area contributed by atoms with E-state index in [-0.39, 0.29) is 28.8 Å². The molecule has 0 unspecified atom stereocenters. The van der Waals surface area contributed by atoms with Gasteiger partial charge < -0.3 is 15.0 Å². The number of ether oxygens (including phenoxy) is 1. The van der Waals surface area contributed by atoms with Gasteiger partial charge in [-0.2, -0.15) is 5.26 Å². The minimum Gasteiger partial charge on any atom is -0.464 e. The molecule has 1 heterocycles. The number of nitrogen functional groups attached to an aromatic ring is 1. The number of benzene rings is 1. The minimum absolute atomic E-state index is 0.140. The lowest BCUT2D eigenvalue weighted by Gasteiger charge is -2.22. The second-order valence-electron chi connectivity index (χ2n) is 6.52. The maximum absolute atomic E-state index is 12.3. The van der Waals surface area contributed by atoms with E-state index in [1.54, 1.807) is 10.8 Å². The van der Waals surface area contributed by atoms with E-state index in [1.165, 1.54) is 7.11 Å². The Balaban J connectivity index is 2.96. The van der Waals surface area contributed by atoms with Crippen LogP contribution in [0.3, 0.4) is 0 Å². The standard InChI is InChI=1S/C19H22BrN3O2/c1-10(2)14-6-13(20)7-15(11(3)4)17(14)23-9-12(8-21)16(22)18(23)19(24)25-5/h6-7,9-11H,22H2,1-5H3. The SMILES string of the molecule is COC(=O)c1c(N)c(C#N)cn1-c1c(C(C)C)cc(Br)cc1C(C)C. The molecule has 6 heteroatoms. The van der Waals surface area contributed by atoms with Gasteiger partial charge in [-0.1, -0.05) is 43.6 Å². The molecule has 0 spiro atoms. The van der Waals surface area contributed by atoms with E-state index in [0.717, 1.165) is 21.3 Å². The fraction of sp³-hybridized carbons (Fsp3) is 0.368. The highest BCUT2D eigenvalue weighted by Crippen LogP contribution is 2.37. The molecule has 0 atom stereocenters. The summed E-state index contributed by atoms with van der Waals surface area (Å²) < 4.78 is 7.58. The van der Waals surface area contributed by atoms with Crippen molar-refractivity contribution in [3.05, 3.63) is 45.2 Å². The van der Waals surface area contributed by atoms with Crippen molar-refractivity contribution < 1.29 is 9.53 Å². The predicted octanol–water partition coefficient (Wildman–Crippen LogP) is 4.73. The lowest BCUT2D eigenvalue weighted by Crippen LogP contribution is -2.15. The lowest BCUT2D eigenvalue weighted by molar-refractivity contribution is 0.0593. The molecule has 25 heavy (non-hydrogen) atoms. The molecule has 0 aliphatic rings. The number of anilines is 1. The molecule has 0 bridgehead atoms. The van der Waals surface area contributed by atoms with Crippen molar-refractivity contribution in [2.75, 3.05) is 12.8 Å². The molecule has 1 aromatic carbocycles. The van der Waals surface area contributed by atoms with Gasteiger partial charge in [0.15, 0.2) is 5.69 Å². The van der Waals surface area contributed by atoms with E-state index in [1.807, 2.05) is 12.1 Å². The van der Waals surface area contributed by atoms with E-state index >= 15 is 0 Å². The number of nitrogens with two attached hydrogens (primary N) is 1. The first-order chi connectivity index (χ1) is 11.7. The highest BCUT2D eigenvalue weighted by molar-refractivity contribution is 9.10. The van der Waals surface area contributed by atoms with Crippen molar-refractivity contribution in [3.8, 4) is 11.8 Å². The largest absolute Gasteiger partial charge is 0.464 e. The molecular weight excluding hydrogens is 382 g/mol. The van der Waals surface area contributed by atoms with Gasteiger partial charge in [-0.3, -0.25) is 0 Å². The Hall–Kier alpha value is -2.26. The fourth-order valence-electron chi connectivity index (χ4n) is 2.89. The second kappa shape index (κ2) is 7.32. The summed E-state index contributed by atoms with van der Waals surface area (Å²) in [5.41, 5.74) is 9.63. The highest BCUT2D eigenvalue weighted by atomic mass is 79.9. The zero-order valence-electron chi connectivity index (χ0n) is 15.1. The van der Waals surface area contributed by atoms with Crippen LogP contribution in [0.5, 0.6) is 0 Å². The number of nitrogens with zero attached hydrogens (tertiary/aromatic N) is 2. The molecular formula is C19H22BrN3O2. The van der Waals surface area contributed by atoms with Crippen LogP contribution in [0.1, 0.15) is 66.7 Å². The number of carbonyl (C=O) groups is 1. The van der Waals surface area contributed by atoms with E-state index in [2.05, 4.69) is 49.7 Å². The van der Waals surface area contributed by atoms with Crippen LogP contribution < -0.4 is 5.73 Å². The lowest BCUT2D eigenvalue weighted by atomic mass is 9.92.